The number of aromatic nitrogens is 6. The molecule has 13 heteroatoms. The molecule has 0 unspecified atom stereocenters. The van der Waals surface area contributed by atoms with Gasteiger partial charge in [0.2, 0.25) is 11.9 Å². The van der Waals surface area contributed by atoms with Gasteiger partial charge in [-0.25, -0.2) is 23.1 Å². The molecule has 1 saturated carbocycles. The van der Waals surface area contributed by atoms with E-state index in [1.807, 2.05) is 29.3 Å². The van der Waals surface area contributed by atoms with Gasteiger partial charge in [0.05, 0.1) is 36.0 Å². The molecule has 216 valence electrons. The van der Waals surface area contributed by atoms with Gasteiger partial charge in [0.15, 0.2) is 5.82 Å². The molecule has 4 heterocycles. The number of hydrogen-bond acceptors (Lipinski definition) is 9. The normalized spacial score (nSPS) is 19.2. The van der Waals surface area contributed by atoms with Crippen molar-refractivity contribution in [2.24, 2.45) is 5.92 Å². The van der Waals surface area contributed by atoms with Crippen molar-refractivity contribution in [1.29, 1.82) is 0 Å². The Morgan fingerprint density at radius 2 is 1.95 bits per heavy atom. The molecule has 1 N–H and O–H groups in total. The molecular formula is C28H34N8O4S. The molecule has 0 radical (unpaired) electrons. The van der Waals surface area contributed by atoms with Crippen LogP contribution in [0.2, 0.25) is 0 Å². The monoisotopic (exact) mass is 578 g/mol. The van der Waals surface area contributed by atoms with Crippen molar-refractivity contribution in [3.8, 4) is 11.6 Å². The molecule has 4 aromatic rings. The van der Waals surface area contributed by atoms with Crippen LogP contribution in [0.25, 0.3) is 16.7 Å². The second-order valence-corrected chi connectivity index (χ2v) is 13.1. The Hall–Kier alpha value is -4.00. The number of ether oxygens (including phenoxy) is 1. The molecule has 6 rings (SSSR count). The van der Waals surface area contributed by atoms with Crippen LogP contribution in [0.4, 0.5) is 5.95 Å². The van der Waals surface area contributed by atoms with E-state index >= 15 is 0 Å². The number of carbonyl (C=O) groups excluding carboxylic acids is 1. The highest BCUT2D eigenvalue weighted by Gasteiger charge is 2.31. The molecule has 0 saturated heterocycles. The summed E-state index contributed by atoms with van der Waals surface area (Å²) in [5.74, 6) is 3.12. The van der Waals surface area contributed by atoms with E-state index in [4.69, 9.17) is 9.72 Å². The lowest BCUT2D eigenvalue weighted by Crippen LogP contribution is -2.43. The van der Waals surface area contributed by atoms with Crippen LogP contribution in [0.15, 0.2) is 49.1 Å². The smallest absolute Gasteiger partial charge is 0.226 e. The molecule has 0 spiro atoms. The van der Waals surface area contributed by atoms with Crippen molar-refractivity contribution in [2.45, 2.75) is 51.2 Å². The predicted octanol–water partition coefficient (Wildman–Crippen LogP) is 2.84. The maximum absolute atomic E-state index is 13.2. The minimum Gasteiger partial charge on any atom is -0.493 e. The average Bonchev–Trinajstić information content (AvgIpc) is 3.62. The third kappa shape index (κ3) is 6.19. The van der Waals surface area contributed by atoms with Crippen LogP contribution < -0.4 is 10.1 Å². The molecule has 0 atom stereocenters. The topological polar surface area (TPSA) is 137 Å². The number of anilines is 1. The van der Waals surface area contributed by atoms with Crippen molar-refractivity contribution in [1.82, 2.24) is 34.2 Å². The fourth-order valence-electron chi connectivity index (χ4n) is 5.66. The van der Waals surface area contributed by atoms with Crippen LogP contribution in [0.5, 0.6) is 5.75 Å². The van der Waals surface area contributed by atoms with E-state index in [-0.39, 0.29) is 23.6 Å². The minimum absolute atomic E-state index is 0.0417. The fraction of sp³-hybridized carbons (Fsp3) is 0.464. The maximum atomic E-state index is 13.2. The molecule has 0 bridgehead atoms. The first-order valence-corrected chi connectivity index (χ1v) is 16.1. The molecule has 12 nitrogen and oxygen atoms in total. The molecule has 41 heavy (non-hydrogen) atoms. The summed E-state index contributed by atoms with van der Waals surface area (Å²) in [5.41, 5.74) is 0.828. The first-order chi connectivity index (χ1) is 19.8. The summed E-state index contributed by atoms with van der Waals surface area (Å²) < 4.78 is 32.5. The van der Waals surface area contributed by atoms with Gasteiger partial charge in [-0.15, -0.1) is 0 Å². The van der Waals surface area contributed by atoms with Crippen molar-refractivity contribution in [2.75, 3.05) is 30.5 Å². The van der Waals surface area contributed by atoms with Gasteiger partial charge in [0.25, 0.3) is 0 Å². The third-order valence-corrected chi connectivity index (χ3v) is 8.84. The lowest BCUT2D eigenvalue weighted by molar-refractivity contribution is -0.138. The summed E-state index contributed by atoms with van der Waals surface area (Å²) in [7, 11) is -3.02. The third-order valence-electron chi connectivity index (χ3n) is 7.81. The first kappa shape index (κ1) is 27.2. The van der Waals surface area contributed by atoms with Crippen LogP contribution in [-0.2, 0) is 27.7 Å². The summed E-state index contributed by atoms with van der Waals surface area (Å²) in [4.78, 5) is 28.7. The highest BCUT2D eigenvalue weighted by Crippen LogP contribution is 2.30. The molecule has 3 aromatic heterocycles. The second-order valence-electron chi connectivity index (χ2n) is 10.8. The zero-order chi connectivity index (χ0) is 28.4. The number of nitrogens with one attached hydrogen (secondary N) is 1. The van der Waals surface area contributed by atoms with Crippen LogP contribution in [0, 0.1) is 5.92 Å². The van der Waals surface area contributed by atoms with Crippen molar-refractivity contribution in [3.05, 3.63) is 54.9 Å². The van der Waals surface area contributed by atoms with E-state index in [9.17, 15) is 13.2 Å². The summed E-state index contributed by atoms with van der Waals surface area (Å²) in [6.45, 7) is 2.43. The lowest BCUT2D eigenvalue weighted by atomic mass is 9.85. The number of carbonyl (C=O) groups is 1. The summed E-state index contributed by atoms with van der Waals surface area (Å²) in [5, 5.41) is 8.82. The number of sulfone groups is 1. The Balaban J connectivity index is 1.06. The van der Waals surface area contributed by atoms with E-state index in [0.717, 1.165) is 55.5 Å². The Morgan fingerprint density at radius 3 is 2.78 bits per heavy atom. The van der Waals surface area contributed by atoms with E-state index in [1.165, 1.54) is 6.26 Å². The Bertz CT molecular complexity index is 1640. The molecule has 1 fully saturated rings. The van der Waals surface area contributed by atoms with E-state index < -0.39 is 9.84 Å². The van der Waals surface area contributed by atoms with Crippen LogP contribution in [0.3, 0.4) is 0 Å². The summed E-state index contributed by atoms with van der Waals surface area (Å²) in [6, 6.07) is 7.66. The number of rotatable bonds is 9. The molecular weight excluding hydrogens is 544 g/mol. The Morgan fingerprint density at radius 1 is 1.10 bits per heavy atom. The van der Waals surface area contributed by atoms with Crippen LogP contribution >= 0.6 is 0 Å². The Kier molecular flexibility index (Phi) is 7.61. The van der Waals surface area contributed by atoms with Crippen molar-refractivity contribution in [3.63, 3.8) is 0 Å². The molecule has 2 aliphatic rings. The molecule has 1 amide bonds. The quantitative estimate of drug-likeness (QED) is 0.297. The van der Waals surface area contributed by atoms with Crippen molar-refractivity contribution >= 4 is 32.6 Å². The van der Waals surface area contributed by atoms with Crippen molar-refractivity contribution < 1.29 is 17.9 Å². The van der Waals surface area contributed by atoms with Gasteiger partial charge in [-0.1, -0.05) is 6.07 Å². The number of nitrogens with zero attached hydrogens (tertiary/aromatic N) is 7. The summed E-state index contributed by atoms with van der Waals surface area (Å²) in [6.07, 6.45) is 12.3. The Labute approximate surface area is 238 Å². The number of amides is 1. The highest BCUT2D eigenvalue weighted by atomic mass is 32.2. The first-order valence-electron chi connectivity index (χ1n) is 14.0. The van der Waals surface area contributed by atoms with Crippen LogP contribution in [0.1, 0.15) is 37.9 Å². The van der Waals surface area contributed by atoms with E-state index in [1.54, 1.807) is 29.3 Å². The average molecular weight is 579 g/mol. The number of benzene rings is 1. The number of imidazole rings is 1. The van der Waals surface area contributed by atoms with E-state index in [0.29, 0.717) is 37.1 Å². The van der Waals surface area contributed by atoms with Gasteiger partial charge >= 0.3 is 0 Å². The van der Waals surface area contributed by atoms with Gasteiger partial charge < -0.3 is 19.5 Å². The predicted molar refractivity (Wildman–Crippen MR) is 153 cm³/mol. The number of hydrogen-bond donors (Lipinski definition) is 1. The van der Waals surface area contributed by atoms with Gasteiger partial charge in [0.1, 0.15) is 21.4 Å². The van der Waals surface area contributed by atoms with Gasteiger partial charge in [-0.2, -0.15) is 10.1 Å². The van der Waals surface area contributed by atoms with E-state index in [2.05, 4.69) is 25.0 Å². The highest BCUT2D eigenvalue weighted by molar-refractivity contribution is 7.90. The largest absolute Gasteiger partial charge is 0.493 e. The SMILES string of the molecule is CS(=O)(=O)CCCOc1cccc2c1cnn2-c1ccnc(N[C@H]2CC[C@H](C(=O)N3CCn4ccnc4C3)CC2)n1. The zero-order valence-electron chi connectivity index (χ0n) is 23.0. The second kappa shape index (κ2) is 11.5. The number of fused-ring (bicyclic) bond motifs is 2. The van der Waals surface area contributed by atoms with Gasteiger partial charge in [-0.05, 0) is 44.2 Å². The fourth-order valence-corrected chi connectivity index (χ4v) is 6.30. The maximum Gasteiger partial charge on any atom is 0.226 e. The zero-order valence-corrected chi connectivity index (χ0v) is 23.8. The molecule has 1 aliphatic heterocycles. The summed E-state index contributed by atoms with van der Waals surface area (Å²) >= 11 is 0. The molecule has 1 aliphatic carbocycles. The lowest BCUT2D eigenvalue weighted by Gasteiger charge is -2.34. The van der Waals surface area contributed by atoms with Crippen LogP contribution in [-0.4, -0.2) is 79.7 Å². The minimum atomic E-state index is -3.02. The molecule has 1 aromatic carbocycles. The van der Waals surface area contributed by atoms with Gasteiger partial charge in [-0.3, -0.25) is 4.79 Å². The standard InChI is InChI=1S/C28H34N8O4S/c1-41(38,39)17-3-16-40-24-5-2-4-23-22(24)18-31-36(23)25-10-11-30-28(33-25)32-21-8-6-20(7-9-21)27(37)35-15-14-34-13-12-29-26(34)19-35/h2,4-5,10-13,18,20-21H,3,6-9,14-17,19H2,1H3,(H,30,32,33)/t20-,21-. The van der Waals surface area contributed by atoms with Gasteiger partial charge in [0, 0.05) is 56.0 Å².